The van der Waals surface area contributed by atoms with Crippen LogP contribution in [0.15, 0.2) is 58.9 Å². The highest BCUT2D eigenvalue weighted by Crippen LogP contribution is 2.46. The summed E-state index contributed by atoms with van der Waals surface area (Å²) >= 11 is 0. The standard InChI is InChI=1S/C27H36O4/c1-2-15-23(16-3-1)30-27(31-24-17-8-9-18-24)20-10-19-25(28-21-11-4-5-12-21)26(27)29-22-13-6-7-14-22/h11,13,15,17H,1-10,12,14,16,18-20H2. The Labute approximate surface area is 186 Å². The quantitative estimate of drug-likeness (QED) is 0.372. The van der Waals surface area contributed by atoms with Gasteiger partial charge in [-0.25, -0.2) is 0 Å². The third-order valence-electron chi connectivity index (χ3n) is 6.84. The average Bonchev–Trinajstić information content (AvgIpc) is 3.56. The summed E-state index contributed by atoms with van der Waals surface area (Å²) in [6.07, 6.45) is 25.7. The predicted octanol–water partition coefficient (Wildman–Crippen LogP) is 7.81. The Balaban J connectivity index is 1.52. The average molecular weight is 425 g/mol. The van der Waals surface area contributed by atoms with Crippen molar-refractivity contribution in [3.63, 3.8) is 0 Å². The maximum absolute atomic E-state index is 6.79. The fourth-order valence-corrected chi connectivity index (χ4v) is 5.19. The Morgan fingerprint density at radius 1 is 0.516 bits per heavy atom. The Morgan fingerprint density at radius 2 is 1.06 bits per heavy atom. The molecular formula is C27H36O4. The molecule has 0 saturated heterocycles. The summed E-state index contributed by atoms with van der Waals surface area (Å²) in [6, 6.07) is 0. The van der Waals surface area contributed by atoms with Crippen molar-refractivity contribution in [1.82, 2.24) is 0 Å². The van der Waals surface area contributed by atoms with Crippen LogP contribution in [0.25, 0.3) is 0 Å². The minimum atomic E-state index is -0.921. The lowest BCUT2D eigenvalue weighted by molar-refractivity contribution is -0.201. The molecule has 0 heterocycles. The zero-order valence-corrected chi connectivity index (χ0v) is 18.8. The van der Waals surface area contributed by atoms with E-state index in [1.54, 1.807) is 0 Å². The van der Waals surface area contributed by atoms with Crippen LogP contribution in [-0.4, -0.2) is 5.79 Å². The molecule has 0 fully saturated rings. The van der Waals surface area contributed by atoms with Crippen LogP contribution < -0.4 is 0 Å². The maximum Gasteiger partial charge on any atom is 0.313 e. The van der Waals surface area contributed by atoms with Crippen LogP contribution in [0, 0.1) is 0 Å². The van der Waals surface area contributed by atoms with E-state index < -0.39 is 5.79 Å². The van der Waals surface area contributed by atoms with E-state index >= 15 is 0 Å². The van der Waals surface area contributed by atoms with E-state index in [-0.39, 0.29) is 0 Å². The smallest absolute Gasteiger partial charge is 0.313 e. The van der Waals surface area contributed by atoms with Crippen molar-refractivity contribution in [3.8, 4) is 0 Å². The summed E-state index contributed by atoms with van der Waals surface area (Å²) in [4.78, 5) is 0. The molecule has 0 aromatic rings. The minimum absolute atomic E-state index is 0.763. The summed E-state index contributed by atoms with van der Waals surface area (Å²) in [5.74, 6) is 4.94. The summed E-state index contributed by atoms with van der Waals surface area (Å²) in [5.41, 5.74) is 0. The van der Waals surface area contributed by atoms with Gasteiger partial charge in [-0.2, -0.15) is 0 Å². The molecule has 31 heavy (non-hydrogen) atoms. The second-order valence-electron chi connectivity index (χ2n) is 9.37. The van der Waals surface area contributed by atoms with Gasteiger partial charge in [-0.3, -0.25) is 0 Å². The van der Waals surface area contributed by atoms with Gasteiger partial charge in [0.15, 0.2) is 0 Å². The van der Waals surface area contributed by atoms with E-state index in [1.165, 1.54) is 19.3 Å². The van der Waals surface area contributed by atoms with E-state index in [0.29, 0.717) is 0 Å². The van der Waals surface area contributed by atoms with Crippen LogP contribution in [-0.2, 0) is 18.9 Å². The molecule has 0 saturated carbocycles. The molecule has 0 amide bonds. The van der Waals surface area contributed by atoms with Crippen LogP contribution in [0.3, 0.4) is 0 Å². The first-order chi connectivity index (χ1) is 15.3. The van der Waals surface area contributed by atoms with Crippen LogP contribution in [0.2, 0.25) is 0 Å². The normalized spacial score (nSPS) is 28.6. The van der Waals surface area contributed by atoms with E-state index in [2.05, 4.69) is 24.3 Å². The first-order valence-corrected chi connectivity index (χ1v) is 12.5. The molecule has 0 aromatic heterocycles. The van der Waals surface area contributed by atoms with Gasteiger partial charge in [0.05, 0.1) is 17.3 Å². The fourth-order valence-electron chi connectivity index (χ4n) is 5.19. The molecule has 0 spiro atoms. The molecule has 5 aliphatic rings. The molecule has 4 heteroatoms. The highest BCUT2D eigenvalue weighted by Gasteiger charge is 2.48. The molecule has 0 bridgehead atoms. The van der Waals surface area contributed by atoms with Gasteiger partial charge >= 0.3 is 5.79 Å². The van der Waals surface area contributed by atoms with Crippen LogP contribution >= 0.6 is 0 Å². The molecule has 1 atom stereocenters. The van der Waals surface area contributed by atoms with E-state index in [9.17, 15) is 0 Å². The monoisotopic (exact) mass is 424 g/mol. The number of allylic oxidation sites excluding steroid dienone is 9. The Kier molecular flexibility index (Phi) is 6.42. The summed E-state index contributed by atoms with van der Waals surface area (Å²) in [7, 11) is 0. The first kappa shape index (κ1) is 20.8. The molecule has 5 rings (SSSR count). The minimum Gasteiger partial charge on any atom is -0.463 e. The number of ether oxygens (including phenoxy) is 4. The third kappa shape index (κ3) is 4.88. The molecule has 0 N–H and O–H groups in total. The van der Waals surface area contributed by atoms with Gasteiger partial charge in [0.25, 0.3) is 0 Å². The summed E-state index contributed by atoms with van der Waals surface area (Å²) in [6.45, 7) is 0. The summed E-state index contributed by atoms with van der Waals surface area (Å²) < 4.78 is 26.6. The van der Waals surface area contributed by atoms with Crippen LogP contribution in [0.5, 0.6) is 0 Å². The number of rotatable bonds is 8. The largest absolute Gasteiger partial charge is 0.463 e. The summed E-state index contributed by atoms with van der Waals surface area (Å²) in [5, 5.41) is 0. The molecule has 4 nitrogen and oxygen atoms in total. The molecule has 0 aromatic carbocycles. The highest BCUT2D eigenvalue weighted by atomic mass is 16.7. The van der Waals surface area contributed by atoms with Gasteiger partial charge < -0.3 is 18.9 Å². The fraction of sp³-hybridized carbons (Fsp3) is 0.630. The molecule has 1 unspecified atom stereocenters. The Hall–Kier alpha value is -2.10. The van der Waals surface area contributed by atoms with Crippen molar-refractivity contribution in [2.24, 2.45) is 0 Å². The van der Waals surface area contributed by atoms with Crippen molar-refractivity contribution in [2.45, 2.75) is 109 Å². The van der Waals surface area contributed by atoms with E-state index in [4.69, 9.17) is 18.9 Å². The molecular weight excluding hydrogens is 388 g/mol. The van der Waals surface area contributed by atoms with Gasteiger partial charge in [0.1, 0.15) is 11.5 Å². The molecule has 0 aliphatic heterocycles. The molecule has 0 radical (unpaired) electrons. The maximum atomic E-state index is 6.79. The van der Waals surface area contributed by atoms with Crippen molar-refractivity contribution in [1.29, 1.82) is 0 Å². The van der Waals surface area contributed by atoms with Crippen LogP contribution in [0.1, 0.15) is 103 Å². The van der Waals surface area contributed by atoms with Gasteiger partial charge in [-0.15, -0.1) is 0 Å². The van der Waals surface area contributed by atoms with Crippen molar-refractivity contribution < 1.29 is 18.9 Å². The Bertz CT molecular complexity index is 828. The second-order valence-corrected chi connectivity index (χ2v) is 9.37. The highest BCUT2D eigenvalue weighted by molar-refractivity contribution is 5.24. The first-order valence-electron chi connectivity index (χ1n) is 12.5. The number of hydrogen-bond donors (Lipinski definition) is 0. The zero-order chi connectivity index (χ0) is 20.9. The SMILES string of the molecule is C1=C(OC2=C(OC3=CCCC3)C(OC3=CCCC3)(OC3=CCCCC3)CCC2)CCC1. The van der Waals surface area contributed by atoms with Crippen molar-refractivity contribution in [3.05, 3.63) is 58.9 Å². The lowest BCUT2D eigenvalue weighted by atomic mass is 9.96. The Morgan fingerprint density at radius 3 is 1.65 bits per heavy atom. The second kappa shape index (κ2) is 9.58. The van der Waals surface area contributed by atoms with Gasteiger partial charge in [-0.05, 0) is 88.5 Å². The lowest BCUT2D eigenvalue weighted by Crippen LogP contribution is -2.42. The zero-order valence-electron chi connectivity index (χ0n) is 18.8. The van der Waals surface area contributed by atoms with E-state index in [1.807, 2.05) is 0 Å². The number of hydrogen-bond acceptors (Lipinski definition) is 4. The molecule has 168 valence electrons. The lowest BCUT2D eigenvalue weighted by Gasteiger charge is -2.40. The van der Waals surface area contributed by atoms with Gasteiger partial charge in [0.2, 0.25) is 5.76 Å². The topological polar surface area (TPSA) is 36.9 Å². The van der Waals surface area contributed by atoms with Crippen LogP contribution in [0.4, 0.5) is 0 Å². The van der Waals surface area contributed by atoms with Gasteiger partial charge in [-0.1, -0.05) is 0 Å². The predicted molar refractivity (Wildman–Crippen MR) is 120 cm³/mol. The van der Waals surface area contributed by atoms with Crippen molar-refractivity contribution in [2.75, 3.05) is 0 Å². The van der Waals surface area contributed by atoms with Crippen molar-refractivity contribution >= 4 is 0 Å². The van der Waals surface area contributed by atoms with E-state index in [0.717, 1.165) is 118 Å². The van der Waals surface area contributed by atoms with Gasteiger partial charge in [0, 0.05) is 38.5 Å². The molecule has 5 aliphatic carbocycles. The third-order valence-corrected chi connectivity index (χ3v) is 6.84.